The van der Waals surface area contributed by atoms with Crippen molar-refractivity contribution < 1.29 is 0 Å². The van der Waals surface area contributed by atoms with Gasteiger partial charge in [0.1, 0.15) is 0 Å². The Balaban J connectivity index is 1.66. The topological polar surface area (TPSA) is 0 Å². The molecule has 8 unspecified atom stereocenters. The lowest BCUT2D eigenvalue weighted by atomic mass is 9.85. The van der Waals surface area contributed by atoms with Crippen LogP contribution in [0.4, 0.5) is 0 Å². The largest absolute Gasteiger partial charge is 0.0808 e. The predicted octanol–water partition coefficient (Wildman–Crippen LogP) is 7.01. The first-order valence-electron chi connectivity index (χ1n) is 10.8. The molecule has 0 spiro atoms. The summed E-state index contributed by atoms with van der Waals surface area (Å²) in [7, 11) is -1.37. The van der Waals surface area contributed by atoms with E-state index in [9.17, 15) is 0 Å². The second-order valence-electron chi connectivity index (χ2n) is 9.70. The zero-order valence-electron chi connectivity index (χ0n) is 16.6. The van der Waals surface area contributed by atoms with E-state index in [0.717, 1.165) is 46.6 Å². The zero-order chi connectivity index (χ0) is 17.6. The van der Waals surface area contributed by atoms with E-state index >= 15 is 0 Å². The van der Waals surface area contributed by atoms with Gasteiger partial charge in [-0.1, -0.05) is 88.4 Å². The van der Waals surface area contributed by atoms with E-state index in [1.54, 1.807) is 0 Å². The maximum Gasteiger partial charge on any atom is 0.0550 e. The summed E-state index contributed by atoms with van der Waals surface area (Å²) in [6.07, 6.45) is 25.2. The van der Waals surface area contributed by atoms with E-state index < -0.39 is 8.07 Å². The van der Waals surface area contributed by atoms with Gasteiger partial charge in [0, 0.05) is 0 Å². The third kappa shape index (κ3) is 2.78. The molecule has 0 aromatic rings. The summed E-state index contributed by atoms with van der Waals surface area (Å²) >= 11 is 0. The van der Waals surface area contributed by atoms with Crippen molar-refractivity contribution in [1.82, 2.24) is 0 Å². The molecule has 25 heavy (non-hydrogen) atoms. The minimum Gasteiger partial charge on any atom is -0.0808 e. The molecule has 0 aromatic carbocycles. The van der Waals surface area contributed by atoms with Crippen LogP contribution in [-0.4, -0.2) is 8.07 Å². The van der Waals surface area contributed by atoms with Gasteiger partial charge in [0.25, 0.3) is 0 Å². The molecule has 0 bridgehead atoms. The molecule has 0 radical (unpaired) electrons. The molecule has 0 heterocycles. The van der Waals surface area contributed by atoms with Crippen LogP contribution in [0.2, 0.25) is 24.2 Å². The summed E-state index contributed by atoms with van der Waals surface area (Å²) in [6, 6.07) is 0. The Morgan fingerprint density at radius 1 is 0.720 bits per heavy atom. The van der Waals surface area contributed by atoms with Gasteiger partial charge in [0.2, 0.25) is 0 Å². The van der Waals surface area contributed by atoms with E-state index in [1.807, 2.05) is 0 Å². The fourth-order valence-corrected chi connectivity index (χ4v) is 12.9. The highest BCUT2D eigenvalue weighted by atomic mass is 28.3. The SMILES string of the molecule is CCC1CC([Si](C)(C)C2C(CC)CC3C=CC=CC32)C2C=CC=CC12. The van der Waals surface area contributed by atoms with Gasteiger partial charge in [-0.15, -0.1) is 0 Å². The van der Waals surface area contributed by atoms with E-state index in [1.165, 1.54) is 25.7 Å². The van der Waals surface area contributed by atoms with Gasteiger partial charge in [-0.05, 0) is 59.4 Å². The summed E-state index contributed by atoms with van der Waals surface area (Å²) in [5.74, 6) is 5.18. The number of hydrogen-bond acceptors (Lipinski definition) is 0. The van der Waals surface area contributed by atoms with Crippen LogP contribution < -0.4 is 0 Å². The Bertz CT molecular complexity index is 608. The highest BCUT2D eigenvalue weighted by Crippen LogP contribution is 2.62. The van der Waals surface area contributed by atoms with Crippen LogP contribution in [0.25, 0.3) is 0 Å². The van der Waals surface area contributed by atoms with Crippen LogP contribution >= 0.6 is 0 Å². The van der Waals surface area contributed by atoms with Crippen LogP contribution in [0, 0.1) is 35.5 Å². The smallest absolute Gasteiger partial charge is 0.0550 e. The molecule has 0 aromatic heterocycles. The summed E-state index contributed by atoms with van der Waals surface area (Å²) in [4.78, 5) is 0. The van der Waals surface area contributed by atoms with E-state index in [4.69, 9.17) is 0 Å². The molecule has 0 nitrogen and oxygen atoms in total. The van der Waals surface area contributed by atoms with Crippen LogP contribution in [-0.2, 0) is 0 Å². The van der Waals surface area contributed by atoms with Crippen molar-refractivity contribution in [2.75, 3.05) is 0 Å². The normalized spacial score (nSPS) is 45.0. The van der Waals surface area contributed by atoms with Gasteiger partial charge < -0.3 is 0 Å². The molecule has 0 saturated heterocycles. The minimum absolute atomic E-state index is 0.825. The van der Waals surface area contributed by atoms with Crippen LogP contribution in [0.1, 0.15) is 39.5 Å². The zero-order valence-corrected chi connectivity index (χ0v) is 17.6. The van der Waals surface area contributed by atoms with Crippen molar-refractivity contribution in [3.05, 3.63) is 48.6 Å². The predicted molar refractivity (Wildman–Crippen MR) is 112 cm³/mol. The van der Waals surface area contributed by atoms with Gasteiger partial charge >= 0.3 is 0 Å². The van der Waals surface area contributed by atoms with Gasteiger partial charge in [-0.2, -0.15) is 0 Å². The van der Waals surface area contributed by atoms with Crippen LogP contribution in [0.15, 0.2) is 48.6 Å². The van der Waals surface area contributed by atoms with Crippen molar-refractivity contribution >= 4 is 8.07 Å². The first-order chi connectivity index (χ1) is 12.1. The molecule has 2 fully saturated rings. The average molecular weight is 353 g/mol. The second-order valence-corrected chi connectivity index (χ2v) is 14.7. The van der Waals surface area contributed by atoms with Crippen LogP contribution in [0.3, 0.4) is 0 Å². The summed E-state index contributed by atoms with van der Waals surface area (Å²) < 4.78 is 0. The fraction of sp³-hybridized carbons (Fsp3) is 0.667. The molecule has 1 heteroatoms. The van der Waals surface area contributed by atoms with Gasteiger partial charge in [-0.3, -0.25) is 0 Å². The maximum absolute atomic E-state index is 2.76. The first-order valence-corrected chi connectivity index (χ1v) is 13.9. The van der Waals surface area contributed by atoms with E-state index in [0.29, 0.717) is 0 Å². The molecule has 4 aliphatic rings. The van der Waals surface area contributed by atoms with Crippen molar-refractivity contribution in [2.24, 2.45) is 35.5 Å². The molecule has 4 aliphatic carbocycles. The maximum atomic E-state index is 2.76. The van der Waals surface area contributed by atoms with Gasteiger partial charge in [0.15, 0.2) is 0 Å². The Morgan fingerprint density at radius 2 is 1.32 bits per heavy atom. The minimum atomic E-state index is -1.37. The number of fused-ring (bicyclic) bond motifs is 2. The highest BCUT2D eigenvalue weighted by molar-refractivity contribution is 6.80. The van der Waals surface area contributed by atoms with Crippen molar-refractivity contribution in [3.8, 4) is 0 Å². The third-order valence-corrected chi connectivity index (χ3v) is 13.6. The number of allylic oxidation sites excluding steroid dienone is 8. The van der Waals surface area contributed by atoms with Crippen molar-refractivity contribution in [2.45, 2.75) is 63.7 Å². The molecule has 0 amide bonds. The van der Waals surface area contributed by atoms with Crippen molar-refractivity contribution in [3.63, 3.8) is 0 Å². The average Bonchev–Trinajstić information content (AvgIpc) is 3.20. The quantitative estimate of drug-likeness (QED) is 0.477. The van der Waals surface area contributed by atoms with E-state index in [2.05, 4.69) is 75.5 Å². The van der Waals surface area contributed by atoms with Crippen LogP contribution in [0.5, 0.6) is 0 Å². The first kappa shape index (κ1) is 17.6. The summed E-state index contributed by atoms with van der Waals surface area (Å²) in [6.45, 7) is 10.4. The molecule has 0 aliphatic heterocycles. The van der Waals surface area contributed by atoms with Crippen molar-refractivity contribution in [1.29, 1.82) is 0 Å². The molecule has 136 valence electrons. The molecule has 4 rings (SSSR count). The Hall–Kier alpha value is -0.823. The third-order valence-electron chi connectivity index (χ3n) is 8.45. The molecule has 2 saturated carbocycles. The Labute approximate surface area is 156 Å². The molecular weight excluding hydrogens is 316 g/mol. The summed E-state index contributed by atoms with van der Waals surface area (Å²) in [5.41, 5.74) is 1.95. The molecule has 0 N–H and O–H groups in total. The Kier molecular flexibility index (Phi) is 4.73. The summed E-state index contributed by atoms with van der Waals surface area (Å²) in [5, 5.41) is 0. The Morgan fingerprint density at radius 3 is 2.00 bits per heavy atom. The van der Waals surface area contributed by atoms with Gasteiger partial charge in [-0.25, -0.2) is 0 Å². The monoisotopic (exact) mass is 352 g/mol. The van der Waals surface area contributed by atoms with E-state index in [-0.39, 0.29) is 0 Å². The lowest BCUT2D eigenvalue weighted by Gasteiger charge is -2.44. The lowest BCUT2D eigenvalue weighted by molar-refractivity contribution is 0.407. The second kappa shape index (κ2) is 6.72. The molecular formula is C24H36Si. The standard InChI is InChI=1S/C24H36Si/c1-5-17-16-23(22-14-10-9-12-20(17)22)25(3,4)24-18(6-2)15-19-11-7-8-13-21(19)24/h7-14,17-24H,5-6,15-16H2,1-4H3. The fourth-order valence-electron chi connectivity index (χ4n) is 7.27. The number of rotatable bonds is 4. The highest BCUT2D eigenvalue weighted by Gasteiger charge is 2.56. The molecule has 8 atom stereocenters. The lowest BCUT2D eigenvalue weighted by Crippen LogP contribution is -2.44. The van der Waals surface area contributed by atoms with Gasteiger partial charge in [0.05, 0.1) is 8.07 Å². The number of hydrogen-bond donors (Lipinski definition) is 0.